The van der Waals surface area contributed by atoms with E-state index in [4.69, 9.17) is 16.6 Å². The maximum absolute atomic E-state index is 5.88. The summed E-state index contributed by atoms with van der Waals surface area (Å²) in [7, 11) is 0. The standard InChI is InChI=1S/C13H15ClN2S/c14-7-5-13-15-11-3-1-2-4-12(11)16(13)10-6-8-17-9-10/h1-4,10H,5-9H2. The van der Waals surface area contributed by atoms with Crippen LogP contribution >= 0.6 is 23.4 Å². The van der Waals surface area contributed by atoms with Crippen molar-refractivity contribution in [3.05, 3.63) is 30.1 Å². The Kier molecular flexibility index (Phi) is 3.30. The van der Waals surface area contributed by atoms with Crippen LogP contribution in [0.1, 0.15) is 18.3 Å². The quantitative estimate of drug-likeness (QED) is 0.792. The van der Waals surface area contributed by atoms with E-state index in [2.05, 4.69) is 22.8 Å². The van der Waals surface area contributed by atoms with Crippen molar-refractivity contribution in [1.82, 2.24) is 9.55 Å². The molecule has 2 nitrogen and oxygen atoms in total. The van der Waals surface area contributed by atoms with Gasteiger partial charge in [-0.3, -0.25) is 0 Å². The Hall–Kier alpha value is -0.670. The number of thioether (sulfide) groups is 1. The van der Waals surface area contributed by atoms with Gasteiger partial charge in [-0.15, -0.1) is 11.6 Å². The lowest BCUT2D eigenvalue weighted by atomic mass is 10.2. The smallest absolute Gasteiger partial charge is 0.111 e. The molecule has 0 aliphatic carbocycles. The number of hydrogen-bond acceptors (Lipinski definition) is 2. The van der Waals surface area contributed by atoms with Gasteiger partial charge in [-0.25, -0.2) is 4.98 Å². The molecule has 0 amide bonds. The molecular formula is C13H15ClN2S. The van der Waals surface area contributed by atoms with Gasteiger partial charge in [-0.1, -0.05) is 12.1 Å². The van der Waals surface area contributed by atoms with E-state index in [9.17, 15) is 0 Å². The van der Waals surface area contributed by atoms with Crippen LogP contribution in [0, 0.1) is 0 Å². The van der Waals surface area contributed by atoms with Crippen molar-refractivity contribution in [1.29, 1.82) is 0 Å². The van der Waals surface area contributed by atoms with Gasteiger partial charge in [0.15, 0.2) is 0 Å². The molecule has 1 aliphatic heterocycles. The first-order chi connectivity index (χ1) is 8.40. The molecule has 17 heavy (non-hydrogen) atoms. The van der Waals surface area contributed by atoms with Crippen LogP contribution in [0.3, 0.4) is 0 Å². The summed E-state index contributed by atoms with van der Waals surface area (Å²) in [6.07, 6.45) is 2.11. The van der Waals surface area contributed by atoms with Crippen LogP contribution in [-0.2, 0) is 6.42 Å². The van der Waals surface area contributed by atoms with E-state index in [1.165, 1.54) is 23.4 Å². The topological polar surface area (TPSA) is 17.8 Å². The molecule has 1 aromatic heterocycles. The van der Waals surface area contributed by atoms with E-state index in [1.54, 1.807) is 0 Å². The van der Waals surface area contributed by atoms with Crippen molar-refractivity contribution >= 4 is 34.4 Å². The molecule has 0 bridgehead atoms. The van der Waals surface area contributed by atoms with Gasteiger partial charge in [-0.2, -0.15) is 11.8 Å². The lowest BCUT2D eigenvalue weighted by molar-refractivity contribution is 0.552. The van der Waals surface area contributed by atoms with Crippen LogP contribution in [0.25, 0.3) is 11.0 Å². The average molecular weight is 267 g/mol. The summed E-state index contributed by atoms with van der Waals surface area (Å²) < 4.78 is 2.41. The van der Waals surface area contributed by atoms with E-state index < -0.39 is 0 Å². The molecule has 1 saturated heterocycles. The highest BCUT2D eigenvalue weighted by Gasteiger charge is 2.22. The zero-order valence-corrected chi connectivity index (χ0v) is 11.2. The fraction of sp³-hybridized carbons (Fsp3) is 0.462. The lowest BCUT2D eigenvalue weighted by Crippen LogP contribution is -2.12. The summed E-state index contributed by atoms with van der Waals surface area (Å²) in [5, 5.41) is 0. The third-order valence-corrected chi connectivity index (χ3v) is 4.59. The molecule has 1 atom stereocenters. The second-order valence-corrected chi connectivity index (χ2v) is 5.87. The van der Waals surface area contributed by atoms with Gasteiger partial charge < -0.3 is 4.57 Å². The van der Waals surface area contributed by atoms with Crippen LogP contribution < -0.4 is 0 Å². The zero-order chi connectivity index (χ0) is 11.7. The number of halogens is 1. The van der Waals surface area contributed by atoms with E-state index in [-0.39, 0.29) is 0 Å². The van der Waals surface area contributed by atoms with Gasteiger partial charge in [0, 0.05) is 24.1 Å². The van der Waals surface area contributed by atoms with E-state index in [1.807, 2.05) is 17.8 Å². The van der Waals surface area contributed by atoms with E-state index in [0.717, 1.165) is 17.8 Å². The van der Waals surface area contributed by atoms with E-state index in [0.29, 0.717) is 11.9 Å². The van der Waals surface area contributed by atoms with Crippen molar-refractivity contribution in [2.75, 3.05) is 17.4 Å². The van der Waals surface area contributed by atoms with E-state index >= 15 is 0 Å². The third kappa shape index (κ3) is 2.06. The highest BCUT2D eigenvalue weighted by atomic mass is 35.5. The predicted molar refractivity (Wildman–Crippen MR) is 75.1 cm³/mol. The number of para-hydroxylation sites is 2. The van der Waals surface area contributed by atoms with Crippen LogP contribution in [0.4, 0.5) is 0 Å². The molecule has 4 heteroatoms. The minimum absolute atomic E-state index is 0.602. The summed E-state index contributed by atoms with van der Waals surface area (Å²) in [5.41, 5.74) is 2.37. The van der Waals surface area contributed by atoms with Gasteiger partial charge in [0.05, 0.1) is 11.0 Å². The fourth-order valence-corrected chi connectivity index (χ4v) is 3.85. The zero-order valence-electron chi connectivity index (χ0n) is 9.60. The van der Waals surface area contributed by atoms with Crippen molar-refractivity contribution in [2.24, 2.45) is 0 Å². The molecule has 1 aliphatic rings. The second-order valence-electron chi connectivity index (χ2n) is 4.34. The van der Waals surface area contributed by atoms with Gasteiger partial charge in [0.1, 0.15) is 5.82 Å². The van der Waals surface area contributed by atoms with Crippen LogP contribution in [0.15, 0.2) is 24.3 Å². The number of rotatable bonds is 3. The molecule has 0 saturated carbocycles. The molecule has 0 spiro atoms. The lowest BCUT2D eigenvalue weighted by Gasteiger charge is -2.15. The van der Waals surface area contributed by atoms with Crippen molar-refractivity contribution in [3.63, 3.8) is 0 Å². The Morgan fingerprint density at radius 1 is 1.41 bits per heavy atom. The predicted octanol–water partition coefficient (Wildman–Crippen LogP) is 3.50. The fourth-order valence-electron chi connectivity index (χ4n) is 2.49. The number of alkyl halides is 1. The Balaban J connectivity index is 2.13. The largest absolute Gasteiger partial charge is 0.324 e. The molecule has 3 rings (SSSR count). The number of hydrogen-bond donors (Lipinski definition) is 0. The summed E-state index contributed by atoms with van der Waals surface area (Å²) in [4.78, 5) is 4.72. The minimum atomic E-state index is 0.602. The van der Waals surface area contributed by atoms with Gasteiger partial charge in [0.25, 0.3) is 0 Å². The third-order valence-electron chi connectivity index (χ3n) is 3.26. The molecule has 1 unspecified atom stereocenters. The first-order valence-corrected chi connectivity index (χ1v) is 7.68. The number of aromatic nitrogens is 2. The van der Waals surface area contributed by atoms with Crippen molar-refractivity contribution < 1.29 is 0 Å². The average Bonchev–Trinajstić information content (AvgIpc) is 2.94. The van der Waals surface area contributed by atoms with Crippen LogP contribution in [-0.4, -0.2) is 26.9 Å². The van der Waals surface area contributed by atoms with Gasteiger partial charge in [-0.05, 0) is 24.3 Å². The Labute approximate surface area is 110 Å². The first kappa shape index (κ1) is 11.4. The number of imidazole rings is 1. The Morgan fingerprint density at radius 3 is 3.06 bits per heavy atom. The molecule has 1 fully saturated rings. The highest BCUT2D eigenvalue weighted by Crippen LogP contribution is 2.32. The summed E-state index contributed by atoms with van der Waals surface area (Å²) >= 11 is 7.92. The molecule has 2 heterocycles. The second kappa shape index (κ2) is 4.91. The highest BCUT2D eigenvalue weighted by molar-refractivity contribution is 7.99. The van der Waals surface area contributed by atoms with Crippen LogP contribution in [0.5, 0.6) is 0 Å². The minimum Gasteiger partial charge on any atom is -0.324 e. The van der Waals surface area contributed by atoms with Gasteiger partial charge in [0.2, 0.25) is 0 Å². The summed E-state index contributed by atoms with van der Waals surface area (Å²) in [6.45, 7) is 0. The molecule has 0 radical (unpaired) electrons. The number of nitrogens with zero attached hydrogens (tertiary/aromatic N) is 2. The van der Waals surface area contributed by atoms with Gasteiger partial charge >= 0.3 is 0 Å². The number of aryl methyl sites for hydroxylation is 1. The molecule has 1 aromatic carbocycles. The van der Waals surface area contributed by atoms with Crippen LogP contribution in [0.2, 0.25) is 0 Å². The maximum atomic E-state index is 5.88. The molecule has 0 N–H and O–H groups in total. The van der Waals surface area contributed by atoms with Crippen molar-refractivity contribution in [3.8, 4) is 0 Å². The monoisotopic (exact) mass is 266 g/mol. The summed E-state index contributed by atoms with van der Waals surface area (Å²) in [5.74, 6) is 4.25. The number of fused-ring (bicyclic) bond motifs is 1. The number of benzene rings is 1. The Morgan fingerprint density at radius 2 is 2.29 bits per heavy atom. The molecule has 2 aromatic rings. The maximum Gasteiger partial charge on any atom is 0.111 e. The first-order valence-electron chi connectivity index (χ1n) is 5.99. The molecule has 90 valence electrons. The molecular weight excluding hydrogens is 252 g/mol. The summed E-state index contributed by atoms with van der Waals surface area (Å²) in [6, 6.07) is 9.00. The van der Waals surface area contributed by atoms with Crippen molar-refractivity contribution in [2.45, 2.75) is 18.9 Å². The normalized spacial score (nSPS) is 20.2. The SMILES string of the molecule is ClCCc1nc2ccccc2n1C1CCSC1. The Bertz CT molecular complexity index is 517.